The van der Waals surface area contributed by atoms with Gasteiger partial charge in [-0.15, -0.1) is 0 Å². The fourth-order valence-corrected chi connectivity index (χ4v) is 4.08. The van der Waals surface area contributed by atoms with E-state index in [0.29, 0.717) is 47.1 Å². The molecule has 1 aromatic heterocycles. The molecule has 1 aliphatic heterocycles. The van der Waals surface area contributed by atoms with E-state index in [1.54, 1.807) is 24.7 Å². The van der Waals surface area contributed by atoms with Crippen LogP contribution in [0.2, 0.25) is 10.0 Å². The Hall–Kier alpha value is -2.54. The lowest BCUT2D eigenvalue weighted by Gasteiger charge is -2.38. The van der Waals surface area contributed by atoms with Crippen molar-refractivity contribution in [2.45, 2.75) is 27.1 Å². The van der Waals surface area contributed by atoms with Crippen molar-refractivity contribution in [1.29, 1.82) is 0 Å². The Bertz CT molecular complexity index is 1120. The normalized spacial score (nSPS) is 14.0. The van der Waals surface area contributed by atoms with Crippen LogP contribution in [0, 0.1) is 13.8 Å². The lowest BCUT2D eigenvalue weighted by atomic mass is 10.2. The third-order valence-corrected chi connectivity index (χ3v) is 5.70. The molecule has 0 fully saturated rings. The smallest absolute Gasteiger partial charge is 0.259 e. The molecule has 0 radical (unpaired) electrons. The number of hydrogen-bond donors (Lipinski definition) is 0. The number of anilines is 2. The summed E-state index contributed by atoms with van der Waals surface area (Å²) >= 11 is 12.5. The summed E-state index contributed by atoms with van der Waals surface area (Å²) in [4.78, 5) is 21.9. The highest BCUT2D eigenvalue weighted by Crippen LogP contribution is 2.32. The maximum Gasteiger partial charge on any atom is 0.259 e. The molecule has 2 aromatic carbocycles. The van der Waals surface area contributed by atoms with Crippen LogP contribution >= 0.6 is 23.2 Å². The van der Waals surface area contributed by atoms with Crippen LogP contribution < -0.4 is 15.2 Å². The maximum absolute atomic E-state index is 13.0. The molecule has 4 rings (SSSR count). The van der Waals surface area contributed by atoms with E-state index in [4.69, 9.17) is 32.9 Å². The second-order valence-electron chi connectivity index (χ2n) is 7.37. The summed E-state index contributed by atoms with van der Waals surface area (Å²) in [6, 6.07) is 13.3. The Kier molecular flexibility index (Phi) is 5.73. The largest absolute Gasteiger partial charge is 0.497 e. The Morgan fingerprint density at radius 3 is 2.33 bits per heavy atom. The summed E-state index contributed by atoms with van der Waals surface area (Å²) in [6.07, 6.45) is 0. The number of ether oxygens (including phenoxy) is 1. The molecule has 0 aliphatic carbocycles. The third kappa shape index (κ3) is 4.03. The number of aromatic nitrogens is 2. The van der Waals surface area contributed by atoms with E-state index in [9.17, 15) is 4.79 Å². The highest BCUT2D eigenvalue weighted by Gasteiger charge is 2.27. The number of fused-ring (bicyclic) bond motifs is 1. The molecule has 0 spiro atoms. The fraction of sp³-hybridized carbons (Fsp3) is 0.273. The highest BCUT2D eigenvalue weighted by molar-refractivity contribution is 6.35. The summed E-state index contributed by atoms with van der Waals surface area (Å²) in [5.74, 6) is 1.40. The molecule has 156 valence electrons. The molecule has 3 aromatic rings. The summed E-state index contributed by atoms with van der Waals surface area (Å²) in [7, 11) is 1.65. The van der Waals surface area contributed by atoms with Gasteiger partial charge in [0, 0.05) is 33.5 Å². The van der Waals surface area contributed by atoms with Gasteiger partial charge in [-0.3, -0.25) is 19.2 Å². The van der Waals surface area contributed by atoms with Crippen molar-refractivity contribution in [3.63, 3.8) is 0 Å². The molecule has 0 saturated heterocycles. The molecule has 6 nitrogen and oxygen atoms in total. The second kappa shape index (κ2) is 8.30. The maximum atomic E-state index is 13.0. The average Bonchev–Trinajstić information content (AvgIpc) is 2.72. The molecule has 0 amide bonds. The van der Waals surface area contributed by atoms with Crippen LogP contribution in [0.15, 0.2) is 47.3 Å². The van der Waals surface area contributed by atoms with E-state index in [1.807, 2.05) is 48.2 Å². The molecule has 1 aliphatic rings. The van der Waals surface area contributed by atoms with Crippen molar-refractivity contribution in [1.82, 2.24) is 14.5 Å². The van der Waals surface area contributed by atoms with Crippen LogP contribution in [-0.4, -0.2) is 28.2 Å². The zero-order valence-electron chi connectivity index (χ0n) is 17.0. The van der Waals surface area contributed by atoms with Crippen molar-refractivity contribution < 1.29 is 4.74 Å². The number of hydrogen-bond acceptors (Lipinski definition) is 5. The minimum Gasteiger partial charge on any atom is -0.497 e. The van der Waals surface area contributed by atoms with E-state index in [-0.39, 0.29) is 5.56 Å². The van der Waals surface area contributed by atoms with Crippen LogP contribution in [0.1, 0.15) is 16.8 Å². The third-order valence-electron chi connectivity index (χ3n) is 5.27. The topological polar surface area (TPSA) is 50.6 Å². The molecule has 0 unspecified atom stereocenters. The number of halogens is 2. The first-order valence-corrected chi connectivity index (χ1v) is 10.3. The molecule has 0 saturated carbocycles. The Morgan fingerprint density at radius 1 is 1.03 bits per heavy atom. The van der Waals surface area contributed by atoms with Crippen molar-refractivity contribution in [3.05, 3.63) is 79.7 Å². The lowest BCUT2D eigenvalue weighted by Crippen LogP contribution is -2.47. The average molecular weight is 445 g/mol. The molecule has 30 heavy (non-hydrogen) atoms. The Morgan fingerprint density at radius 2 is 1.70 bits per heavy atom. The van der Waals surface area contributed by atoms with E-state index in [0.717, 1.165) is 17.0 Å². The monoisotopic (exact) mass is 444 g/mol. The predicted molar refractivity (Wildman–Crippen MR) is 120 cm³/mol. The molecule has 8 heteroatoms. The summed E-state index contributed by atoms with van der Waals surface area (Å²) in [5, 5.41) is 1.06. The molecule has 0 atom stereocenters. The van der Waals surface area contributed by atoms with Crippen molar-refractivity contribution in [3.8, 4) is 5.75 Å². The zero-order chi connectivity index (χ0) is 21.4. The van der Waals surface area contributed by atoms with E-state index in [2.05, 4.69) is 4.90 Å². The Labute approximate surface area is 185 Å². The van der Waals surface area contributed by atoms with Crippen molar-refractivity contribution in [2.75, 3.05) is 18.7 Å². The summed E-state index contributed by atoms with van der Waals surface area (Å²) < 4.78 is 6.94. The van der Waals surface area contributed by atoms with Crippen LogP contribution in [0.5, 0.6) is 5.75 Å². The Balaban J connectivity index is 1.76. The summed E-state index contributed by atoms with van der Waals surface area (Å²) in [5.41, 5.74) is 3.22. The van der Waals surface area contributed by atoms with E-state index >= 15 is 0 Å². The molecular weight excluding hydrogens is 423 g/mol. The molecule has 2 heterocycles. The van der Waals surface area contributed by atoms with E-state index in [1.165, 1.54) is 0 Å². The highest BCUT2D eigenvalue weighted by atomic mass is 35.5. The molecular formula is C22H22Cl2N4O2. The van der Waals surface area contributed by atoms with Crippen LogP contribution in [0.3, 0.4) is 0 Å². The first-order valence-electron chi connectivity index (χ1n) is 9.52. The first kappa shape index (κ1) is 20.7. The van der Waals surface area contributed by atoms with Gasteiger partial charge in [0.1, 0.15) is 5.75 Å². The molecule has 0 bridgehead atoms. The van der Waals surface area contributed by atoms with Crippen molar-refractivity contribution in [2.24, 2.45) is 0 Å². The zero-order valence-corrected chi connectivity index (χ0v) is 18.5. The lowest BCUT2D eigenvalue weighted by molar-refractivity contribution is 0.190. The van der Waals surface area contributed by atoms with Crippen molar-refractivity contribution >= 4 is 34.8 Å². The quantitative estimate of drug-likeness (QED) is 0.581. The van der Waals surface area contributed by atoms with Crippen LogP contribution in [0.25, 0.3) is 0 Å². The first-order chi connectivity index (χ1) is 14.4. The second-order valence-corrected chi connectivity index (χ2v) is 8.24. The van der Waals surface area contributed by atoms with Gasteiger partial charge in [0.25, 0.3) is 5.56 Å². The number of methoxy groups -OCH3 is 1. The number of benzene rings is 2. The van der Waals surface area contributed by atoms with Gasteiger partial charge in [-0.05, 0) is 49.7 Å². The standard InChI is InChI=1S/C22H22Cl2N4O2/c1-14-15(2)25-22-27(19-9-17(23)8-18(24)10-19)12-26(13-28(22)21(14)29)11-16-4-6-20(30-3)7-5-16/h4-10H,11-13H2,1-3H3. The van der Waals surface area contributed by atoms with Gasteiger partial charge < -0.3 is 4.74 Å². The minimum absolute atomic E-state index is 0.0462. The van der Waals surface area contributed by atoms with Crippen LogP contribution in [-0.2, 0) is 13.2 Å². The van der Waals surface area contributed by atoms with Gasteiger partial charge >= 0.3 is 0 Å². The SMILES string of the molecule is COc1ccc(CN2CN(c3cc(Cl)cc(Cl)c3)c3nc(C)c(C)c(=O)n3C2)cc1. The summed E-state index contributed by atoms with van der Waals surface area (Å²) in [6.45, 7) is 5.30. The van der Waals surface area contributed by atoms with Crippen LogP contribution in [0.4, 0.5) is 11.6 Å². The van der Waals surface area contributed by atoms with Gasteiger partial charge in [0.05, 0.1) is 20.4 Å². The van der Waals surface area contributed by atoms with Gasteiger partial charge in [0.2, 0.25) is 5.95 Å². The van der Waals surface area contributed by atoms with E-state index < -0.39 is 0 Å². The minimum atomic E-state index is -0.0462. The predicted octanol–water partition coefficient (Wildman–Crippen LogP) is 4.74. The number of aryl methyl sites for hydroxylation is 1. The fourth-order valence-electron chi connectivity index (χ4n) is 3.57. The number of rotatable bonds is 4. The van der Waals surface area contributed by atoms with Gasteiger partial charge in [-0.1, -0.05) is 35.3 Å². The van der Waals surface area contributed by atoms with Gasteiger partial charge in [0.15, 0.2) is 0 Å². The number of nitrogens with zero attached hydrogens (tertiary/aromatic N) is 4. The van der Waals surface area contributed by atoms with Gasteiger partial charge in [-0.25, -0.2) is 4.98 Å². The molecule has 0 N–H and O–H groups in total. The van der Waals surface area contributed by atoms with Gasteiger partial charge in [-0.2, -0.15) is 0 Å².